The molecule has 1 rings (SSSR count). The number of hydrogen-bond donors (Lipinski definition) is 1. The molecule has 16 heavy (non-hydrogen) atoms. The molecule has 0 aromatic carbocycles. The highest BCUT2D eigenvalue weighted by molar-refractivity contribution is 7.09. The number of ether oxygens (including phenoxy) is 1. The highest BCUT2D eigenvalue weighted by Crippen LogP contribution is 2.15. The van der Waals surface area contributed by atoms with E-state index in [1.807, 2.05) is 6.92 Å². The van der Waals surface area contributed by atoms with Gasteiger partial charge in [-0.2, -0.15) is 0 Å². The fraction of sp³-hybridized carbons (Fsp3) is 0.750. The van der Waals surface area contributed by atoms with Gasteiger partial charge in [-0.3, -0.25) is 0 Å². The Morgan fingerprint density at radius 1 is 1.50 bits per heavy atom. The van der Waals surface area contributed by atoms with Crippen molar-refractivity contribution in [3.05, 3.63) is 16.1 Å². The van der Waals surface area contributed by atoms with Crippen LogP contribution in [0.1, 0.15) is 43.4 Å². The summed E-state index contributed by atoms with van der Waals surface area (Å²) in [5.41, 5.74) is 1.14. The summed E-state index contributed by atoms with van der Waals surface area (Å²) in [5, 5.41) is 6.65. The zero-order valence-corrected chi connectivity index (χ0v) is 11.3. The van der Waals surface area contributed by atoms with Crippen molar-refractivity contribution in [3.8, 4) is 0 Å². The summed E-state index contributed by atoms with van der Waals surface area (Å²) in [6, 6.07) is 0.319. The SMILES string of the molecule is CCCCOCCNC(C)c1csc(C)n1. The van der Waals surface area contributed by atoms with Crippen molar-refractivity contribution in [2.45, 2.75) is 39.7 Å². The third kappa shape index (κ3) is 5.05. The van der Waals surface area contributed by atoms with E-state index in [-0.39, 0.29) is 0 Å². The molecule has 0 radical (unpaired) electrons. The fourth-order valence-corrected chi connectivity index (χ4v) is 2.09. The Balaban J connectivity index is 2.09. The fourth-order valence-electron chi connectivity index (χ4n) is 1.38. The summed E-state index contributed by atoms with van der Waals surface area (Å²) in [7, 11) is 0. The highest BCUT2D eigenvalue weighted by atomic mass is 32.1. The van der Waals surface area contributed by atoms with E-state index < -0.39 is 0 Å². The molecular formula is C12H22N2OS. The van der Waals surface area contributed by atoms with Crippen molar-refractivity contribution in [2.75, 3.05) is 19.8 Å². The molecule has 4 heteroatoms. The van der Waals surface area contributed by atoms with Gasteiger partial charge in [0.1, 0.15) is 0 Å². The molecule has 0 amide bonds. The lowest BCUT2D eigenvalue weighted by Gasteiger charge is -2.11. The molecule has 0 aliphatic rings. The van der Waals surface area contributed by atoms with Crippen LogP contribution >= 0.6 is 11.3 Å². The Morgan fingerprint density at radius 3 is 2.94 bits per heavy atom. The maximum atomic E-state index is 5.49. The largest absolute Gasteiger partial charge is 0.380 e. The lowest BCUT2D eigenvalue weighted by atomic mass is 10.2. The van der Waals surface area contributed by atoms with Gasteiger partial charge in [-0.1, -0.05) is 13.3 Å². The monoisotopic (exact) mass is 242 g/mol. The second-order valence-electron chi connectivity index (χ2n) is 3.93. The first-order valence-corrected chi connectivity index (χ1v) is 6.85. The average molecular weight is 242 g/mol. The van der Waals surface area contributed by atoms with Gasteiger partial charge < -0.3 is 10.1 Å². The van der Waals surface area contributed by atoms with Crippen LogP contribution in [-0.2, 0) is 4.74 Å². The van der Waals surface area contributed by atoms with E-state index in [2.05, 4.69) is 29.5 Å². The van der Waals surface area contributed by atoms with Crippen LogP contribution in [-0.4, -0.2) is 24.7 Å². The zero-order chi connectivity index (χ0) is 11.8. The van der Waals surface area contributed by atoms with Crippen molar-refractivity contribution < 1.29 is 4.74 Å². The average Bonchev–Trinajstić information content (AvgIpc) is 2.70. The molecule has 0 fully saturated rings. The minimum atomic E-state index is 0.319. The molecule has 0 aliphatic heterocycles. The first kappa shape index (κ1) is 13.6. The first-order chi connectivity index (χ1) is 7.74. The van der Waals surface area contributed by atoms with Crippen molar-refractivity contribution in [1.29, 1.82) is 0 Å². The summed E-state index contributed by atoms with van der Waals surface area (Å²) >= 11 is 1.70. The molecule has 1 aromatic rings. The van der Waals surface area contributed by atoms with E-state index in [1.165, 1.54) is 6.42 Å². The van der Waals surface area contributed by atoms with Crippen LogP contribution in [0.15, 0.2) is 5.38 Å². The van der Waals surface area contributed by atoms with Gasteiger partial charge in [-0.25, -0.2) is 4.98 Å². The normalized spacial score (nSPS) is 12.9. The molecule has 0 aliphatic carbocycles. The molecule has 0 bridgehead atoms. The number of nitrogens with one attached hydrogen (secondary N) is 1. The third-order valence-electron chi connectivity index (χ3n) is 2.42. The maximum absolute atomic E-state index is 5.49. The molecule has 0 spiro atoms. The number of nitrogens with zero attached hydrogens (tertiary/aromatic N) is 1. The Morgan fingerprint density at radius 2 is 2.31 bits per heavy atom. The molecule has 1 heterocycles. The standard InChI is InChI=1S/C12H22N2OS/c1-4-5-7-15-8-6-13-10(2)12-9-16-11(3)14-12/h9-10,13H,4-8H2,1-3H3. The van der Waals surface area contributed by atoms with Gasteiger partial charge in [0, 0.05) is 24.6 Å². The Hall–Kier alpha value is -0.450. The van der Waals surface area contributed by atoms with Crippen molar-refractivity contribution in [2.24, 2.45) is 0 Å². The number of aromatic nitrogens is 1. The molecule has 1 atom stereocenters. The van der Waals surface area contributed by atoms with Gasteiger partial charge >= 0.3 is 0 Å². The van der Waals surface area contributed by atoms with Crippen LogP contribution in [0.5, 0.6) is 0 Å². The zero-order valence-electron chi connectivity index (χ0n) is 10.5. The van der Waals surface area contributed by atoms with Gasteiger partial charge in [0.25, 0.3) is 0 Å². The summed E-state index contributed by atoms with van der Waals surface area (Å²) < 4.78 is 5.49. The molecular weight excluding hydrogens is 220 g/mol. The molecule has 0 saturated heterocycles. The Labute approximate surface area is 102 Å². The Bertz CT molecular complexity index is 288. The van der Waals surface area contributed by atoms with E-state index in [0.29, 0.717) is 6.04 Å². The maximum Gasteiger partial charge on any atom is 0.0898 e. The van der Waals surface area contributed by atoms with E-state index in [9.17, 15) is 0 Å². The number of hydrogen-bond acceptors (Lipinski definition) is 4. The van der Waals surface area contributed by atoms with Gasteiger partial charge in [0.15, 0.2) is 0 Å². The second kappa shape index (κ2) is 7.76. The second-order valence-corrected chi connectivity index (χ2v) is 5.00. The van der Waals surface area contributed by atoms with Gasteiger partial charge in [-0.05, 0) is 20.3 Å². The summed E-state index contributed by atoms with van der Waals surface area (Å²) in [5.74, 6) is 0. The summed E-state index contributed by atoms with van der Waals surface area (Å²) in [4.78, 5) is 4.45. The third-order valence-corrected chi connectivity index (χ3v) is 3.21. The lowest BCUT2D eigenvalue weighted by Crippen LogP contribution is -2.23. The molecule has 92 valence electrons. The van der Waals surface area contributed by atoms with Crippen LogP contribution in [0.25, 0.3) is 0 Å². The van der Waals surface area contributed by atoms with Crippen molar-refractivity contribution >= 4 is 11.3 Å². The van der Waals surface area contributed by atoms with E-state index in [0.717, 1.165) is 36.9 Å². The smallest absolute Gasteiger partial charge is 0.0898 e. The topological polar surface area (TPSA) is 34.1 Å². The predicted octanol–water partition coefficient (Wildman–Crippen LogP) is 2.92. The van der Waals surface area contributed by atoms with Crippen LogP contribution in [0, 0.1) is 6.92 Å². The van der Waals surface area contributed by atoms with E-state index in [4.69, 9.17) is 4.74 Å². The van der Waals surface area contributed by atoms with Gasteiger partial charge in [-0.15, -0.1) is 11.3 Å². The van der Waals surface area contributed by atoms with Crippen molar-refractivity contribution in [1.82, 2.24) is 10.3 Å². The summed E-state index contributed by atoms with van der Waals surface area (Å²) in [6.45, 7) is 8.90. The minimum absolute atomic E-state index is 0.319. The molecule has 1 unspecified atom stereocenters. The molecule has 1 N–H and O–H groups in total. The Kier molecular flexibility index (Phi) is 6.61. The van der Waals surface area contributed by atoms with Crippen LogP contribution in [0.2, 0.25) is 0 Å². The number of thiazole rings is 1. The molecule has 1 aromatic heterocycles. The highest BCUT2D eigenvalue weighted by Gasteiger charge is 2.07. The van der Waals surface area contributed by atoms with Crippen LogP contribution in [0.3, 0.4) is 0 Å². The van der Waals surface area contributed by atoms with Crippen molar-refractivity contribution in [3.63, 3.8) is 0 Å². The number of unbranched alkanes of at least 4 members (excludes halogenated alkanes) is 1. The molecule has 0 saturated carbocycles. The minimum Gasteiger partial charge on any atom is -0.380 e. The van der Waals surface area contributed by atoms with Crippen LogP contribution < -0.4 is 5.32 Å². The number of rotatable bonds is 8. The van der Waals surface area contributed by atoms with E-state index in [1.54, 1.807) is 11.3 Å². The number of aryl methyl sites for hydroxylation is 1. The first-order valence-electron chi connectivity index (χ1n) is 5.97. The predicted molar refractivity (Wildman–Crippen MR) is 69.0 cm³/mol. The van der Waals surface area contributed by atoms with Gasteiger partial charge in [0.05, 0.1) is 17.3 Å². The molecule has 3 nitrogen and oxygen atoms in total. The van der Waals surface area contributed by atoms with Gasteiger partial charge in [0.2, 0.25) is 0 Å². The summed E-state index contributed by atoms with van der Waals surface area (Å²) in [6.07, 6.45) is 2.35. The van der Waals surface area contributed by atoms with Crippen LogP contribution in [0.4, 0.5) is 0 Å². The quantitative estimate of drug-likeness (QED) is 0.712. The van der Waals surface area contributed by atoms with E-state index >= 15 is 0 Å². The lowest BCUT2D eigenvalue weighted by molar-refractivity contribution is 0.131.